The summed E-state index contributed by atoms with van der Waals surface area (Å²) in [7, 11) is 0. The average Bonchev–Trinajstić information content (AvgIpc) is 2.15. The molecule has 0 atom stereocenters. The van der Waals surface area contributed by atoms with Crippen LogP contribution in [0.2, 0.25) is 0 Å². The van der Waals surface area contributed by atoms with E-state index in [9.17, 15) is 9.90 Å². The molecule has 0 saturated carbocycles. The third-order valence-electron chi connectivity index (χ3n) is 3.20. The quantitative estimate of drug-likeness (QED) is 0.849. The molecule has 1 N–H and O–H groups in total. The Bertz CT molecular complexity index is 405. The van der Waals surface area contributed by atoms with E-state index in [1.807, 2.05) is 24.3 Å². The zero-order valence-corrected chi connectivity index (χ0v) is 9.56. The summed E-state index contributed by atoms with van der Waals surface area (Å²) >= 11 is 0. The van der Waals surface area contributed by atoms with Crippen LogP contribution in [0, 0.1) is 0 Å². The third-order valence-corrected chi connectivity index (χ3v) is 3.20. The fourth-order valence-corrected chi connectivity index (χ4v) is 2.14. The van der Waals surface area contributed by atoms with E-state index in [1.54, 1.807) is 0 Å². The first-order chi connectivity index (χ1) is 7.58. The smallest absolute Gasteiger partial charge is 0.318 e. The molecule has 0 radical (unpaired) electrons. The van der Waals surface area contributed by atoms with Crippen LogP contribution in [0.25, 0.3) is 0 Å². The standard InChI is InChI=1S/C13H16O3/c1-9(2)10-5-3-4-6-11(10)13(12(14)15)7-16-8-13/h3-6,9H,7-8H2,1-2H3,(H,14,15). The Morgan fingerprint density at radius 1 is 1.38 bits per heavy atom. The number of benzene rings is 1. The van der Waals surface area contributed by atoms with E-state index >= 15 is 0 Å². The molecule has 1 fully saturated rings. The summed E-state index contributed by atoms with van der Waals surface area (Å²) in [6.07, 6.45) is 0. The van der Waals surface area contributed by atoms with E-state index in [0.29, 0.717) is 5.92 Å². The number of ether oxygens (including phenoxy) is 1. The van der Waals surface area contributed by atoms with Crippen LogP contribution in [-0.4, -0.2) is 24.3 Å². The van der Waals surface area contributed by atoms with Gasteiger partial charge < -0.3 is 9.84 Å². The zero-order valence-electron chi connectivity index (χ0n) is 9.56. The van der Waals surface area contributed by atoms with Crippen LogP contribution in [-0.2, 0) is 14.9 Å². The Morgan fingerprint density at radius 2 is 2.00 bits per heavy atom. The zero-order chi connectivity index (χ0) is 11.8. The minimum atomic E-state index is -0.819. The molecule has 1 aromatic rings. The summed E-state index contributed by atoms with van der Waals surface area (Å²) in [5.74, 6) is -0.458. The van der Waals surface area contributed by atoms with E-state index in [0.717, 1.165) is 11.1 Å². The Kier molecular flexibility index (Phi) is 2.72. The molecule has 2 rings (SSSR count). The van der Waals surface area contributed by atoms with Crippen molar-refractivity contribution in [3.63, 3.8) is 0 Å². The van der Waals surface area contributed by atoms with Crippen molar-refractivity contribution in [2.24, 2.45) is 0 Å². The molecular formula is C13H16O3. The molecule has 0 aromatic heterocycles. The van der Waals surface area contributed by atoms with Crippen LogP contribution < -0.4 is 0 Å². The molecule has 3 heteroatoms. The first-order valence-corrected chi connectivity index (χ1v) is 5.48. The molecule has 0 amide bonds. The van der Waals surface area contributed by atoms with Gasteiger partial charge in [-0.15, -0.1) is 0 Å². The summed E-state index contributed by atoms with van der Waals surface area (Å²) in [4.78, 5) is 11.4. The molecule has 1 heterocycles. The number of aliphatic carboxylic acids is 1. The van der Waals surface area contributed by atoms with Crippen molar-refractivity contribution < 1.29 is 14.6 Å². The van der Waals surface area contributed by atoms with Crippen molar-refractivity contribution in [3.8, 4) is 0 Å². The van der Waals surface area contributed by atoms with Crippen molar-refractivity contribution in [1.29, 1.82) is 0 Å². The normalized spacial score (nSPS) is 18.2. The highest BCUT2D eigenvalue weighted by Gasteiger charge is 2.49. The summed E-state index contributed by atoms with van der Waals surface area (Å²) in [5, 5.41) is 9.36. The fraction of sp³-hybridized carbons (Fsp3) is 0.462. The van der Waals surface area contributed by atoms with Crippen LogP contribution in [0.15, 0.2) is 24.3 Å². The summed E-state index contributed by atoms with van der Waals surface area (Å²) in [5.41, 5.74) is 1.19. The van der Waals surface area contributed by atoms with Crippen molar-refractivity contribution in [2.75, 3.05) is 13.2 Å². The van der Waals surface area contributed by atoms with Crippen LogP contribution >= 0.6 is 0 Å². The molecule has 0 aliphatic carbocycles. The van der Waals surface area contributed by atoms with E-state index < -0.39 is 11.4 Å². The third kappa shape index (κ3) is 1.52. The molecule has 0 unspecified atom stereocenters. The predicted octanol–water partition coefficient (Wildman–Crippen LogP) is 2.16. The highest BCUT2D eigenvalue weighted by Crippen LogP contribution is 2.37. The number of rotatable bonds is 3. The average molecular weight is 220 g/mol. The Labute approximate surface area is 95.0 Å². The number of hydrogen-bond acceptors (Lipinski definition) is 2. The second-order valence-corrected chi connectivity index (χ2v) is 4.62. The lowest BCUT2D eigenvalue weighted by molar-refractivity contribution is -0.163. The lowest BCUT2D eigenvalue weighted by Crippen LogP contribution is -2.53. The van der Waals surface area contributed by atoms with Crippen molar-refractivity contribution in [2.45, 2.75) is 25.2 Å². The molecule has 1 saturated heterocycles. The highest BCUT2D eigenvalue weighted by molar-refractivity contribution is 5.83. The van der Waals surface area contributed by atoms with Gasteiger partial charge >= 0.3 is 5.97 Å². The van der Waals surface area contributed by atoms with Gasteiger partial charge in [0.1, 0.15) is 5.41 Å². The Hall–Kier alpha value is -1.35. The van der Waals surface area contributed by atoms with Crippen molar-refractivity contribution >= 4 is 5.97 Å². The van der Waals surface area contributed by atoms with Crippen LogP contribution in [0.4, 0.5) is 0 Å². The minimum absolute atomic E-state index is 0.284. The lowest BCUT2D eigenvalue weighted by Gasteiger charge is -2.39. The van der Waals surface area contributed by atoms with Crippen molar-refractivity contribution in [3.05, 3.63) is 35.4 Å². The van der Waals surface area contributed by atoms with E-state index in [2.05, 4.69) is 13.8 Å². The topological polar surface area (TPSA) is 46.5 Å². The van der Waals surface area contributed by atoms with Gasteiger partial charge in [-0.25, -0.2) is 0 Å². The molecule has 16 heavy (non-hydrogen) atoms. The van der Waals surface area contributed by atoms with Gasteiger partial charge in [-0.3, -0.25) is 4.79 Å². The minimum Gasteiger partial charge on any atom is -0.480 e. The van der Waals surface area contributed by atoms with E-state index in [4.69, 9.17) is 4.74 Å². The second kappa shape index (κ2) is 3.91. The largest absolute Gasteiger partial charge is 0.480 e. The first-order valence-electron chi connectivity index (χ1n) is 5.48. The summed E-state index contributed by atoms with van der Waals surface area (Å²) < 4.78 is 5.11. The van der Waals surface area contributed by atoms with Crippen LogP contribution in [0.3, 0.4) is 0 Å². The van der Waals surface area contributed by atoms with Gasteiger partial charge in [0.25, 0.3) is 0 Å². The SMILES string of the molecule is CC(C)c1ccccc1C1(C(=O)O)COC1. The number of carboxylic acid groups (broad SMARTS) is 1. The van der Waals surface area contributed by atoms with Gasteiger partial charge in [0.2, 0.25) is 0 Å². The van der Waals surface area contributed by atoms with Gasteiger partial charge in [0.15, 0.2) is 0 Å². The van der Waals surface area contributed by atoms with Gasteiger partial charge in [-0.2, -0.15) is 0 Å². The van der Waals surface area contributed by atoms with Gasteiger partial charge in [0, 0.05) is 0 Å². The highest BCUT2D eigenvalue weighted by atomic mass is 16.5. The van der Waals surface area contributed by atoms with Gasteiger partial charge in [-0.1, -0.05) is 38.1 Å². The Morgan fingerprint density at radius 3 is 2.44 bits per heavy atom. The number of carbonyl (C=O) groups is 1. The molecule has 86 valence electrons. The molecule has 1 aromatic carbocycles. The van der Waals surface area contributed by atoms with Gasteiger partial charge in [-0.05, 0) is 17.0 Å². The molecule has 1 aliphatic heterocycles. The molecule has 1 aliphatic rings. The van der Waals surface area contributed by atoms with Crippen molar-refractivity contribution in [1.82, 2.24) is 0 Å². The summed E-state index contributed by atoms with van der Waals surface area (Å²) in [6.45, 7) is 4.72. The number of hydrogen-bond donors (Lipinski definition) is 1. The van der Waals surface area contributed by atoms with Gasteiger partial charge in [0.05, 0.1) is 13.2 Å². The molecular weight excluding hydrogens is 204 g/mol. The maximum absolute atomic E-state index is 11.4. The summed E-state index contributed by atoms with van der Waals surface area (Å²) in [6, 6.07) is 7.76. The van der Waals surface area contributed by atoms with Crippen LogP contribution in [0.1, 0.15) is 30.9 Å². The molecule has 0 spiro atoms. The number of carboxylic acids is 1. The molecule has 0 bridgehead atoms. The van der Waals surface area contributed by atoms with E-state index in [-0.39, 0.29) is 13.2 Å². The Balaban J connectivity index is 2.50. The van der Waals surface area contributed by atoms with Crippen LogP contribution in [0.5, 0.6) is 0 Å². The predicted molar refractivity (Wildman–Crippen MR) is 60.7 cm³/mol. The molecule has 3 nitrogen and oxygen atoms in total. The maximum Gasteiger partial charge on any atom is 0.318 e. The monoisotopic (exact) mass is 220 g/mol. The lowest BCUT2D eigenvalue weighted by atomic mass is 9.74. The van der Waals surface area contributed by atoms with E-state index in [1.165, 1.54) is 0 Å². The maximum atomic E-state index is 11.4. The second-order valence-electron chi connectivity index (χ2n) is 4.62. The fourth-order valence-electron chi connectivity index (χ4n) is 2.14. The first kappa shape index (κ1) is 11.1.